The van der Waals surface area contributed by atoms with Gasteiger partial charge in [0.05, 0.1) is 11.4 Å². The van der Waals surface area contributed by atoms with Crippen molar-refractivity contribution < 1.29 is 9.35 Å². The number of pyridine rings is 1. The van der Waals surface area contributed by atoms with E-state index >= 15 is 0 Å². The summed E-state index contributed by atoms with van der Waals surface area (Å²) in [5.41, 5.74) is 3.78. The summed E-state index contributed by atoms with van der Waals surface area (Å²) < 4.78 is 15.5. The van der Waals surface area contributed by atoms with E-state index in [0.717, 1.165) is 16.9 Å². The topological polar surface area (TPSA) is 90.0 Å². The van der Waals surface area contributed by atoms with Crippen LogP contribution in [0, 0.1) is 6.92 Å². The number of carbonyl (C=O) groups excluding carboxylic acids is 1. The first kappa shape index (κ1) is 20.1. The summed E-state index contributed by atoms with van der Waals surface area (Å²) in [4.78, 5) is 21.8. The molecule has 4 aromatic rings. The lowest BCUT2D eigenvalue weighted by Gasteiger charge is -2.12. The fourth-order valence-electron chi connectivity index (χ4n) is 2.74. The van der Waals surface area contributed by atoms with E-state index in [1.165, 1.54) is 11.3 Å². The van der Waals surface area contributed by atoms with Crippen molar-refractivity contribution in [1.82, 2.24) is 9.97 Å². The molecular weight excluding hydrogens is 416 g/mol. The number of hydrogen-bond donors (Lipinski definition) is 2. The van der Waals surface area contributed by atoms with Gasteiger partial charge in [0.1, 0.15) is 17.1 Å². The van der Waals surface area contributed by atoms with Crippen molar-refractivity contribution in [3.05, 3.63) is 89.4 Å². The second-order valence-electron chi connectivity index (χ2n) is 6.47. The number of benzene rings is 2. The highest BCUT2D eigenvalue weighted by Gasteiger charge is 2.15. The Labute approximate surface area is 181 Å². The number of nitrogens with zero attached hydrogens (tertiary/aromatic N) is 2. The molecule has 0 fully saturated rings. The third kappa shape index (κ3) is 4.85. The molecule has 0 aliphatic rings. The Morgan fingerprint density at radius 3 is 2.60 bits per heavy atom. The van der Waals surface area contributed by atoms with E-state index < -0.39 is 11.4 Å². The average Bonchev–Trinajstić information content (AvgIpc) is 3.23. The first-order valence-corrected chi connectivity index (χ1v) is 11.1. The molecule has 0 spiro atoms. The molecule has 2 aromatic carbocycles. The maximum absolute atomic E-state index is 12.5. The van der Waals surface area contributed by atoms with Crippen molar-refractivity contribution in [1.29, 1.82) is 0 Å². The third-order valence-corrected chi connectivity index (χ3v) is 6.09. The van der Waals surface area contributed by atoms with Gasteiger partial charge in [-0.05, 0) is 61.0 Å². The standard InChI is InChI=1S/C22H18N4O2S2/c1-15-5-4-6-17(13-15)26-30(28)18-10-8-16(9-11-18)21(27)25-22-24-20(14-29-22)19-7-2-3-12-23-19/h2-14,26H,1H3,(H,24,25,27). The van der Waals surface area contributed by atoms with Crippen LogP contribution in [0.1, 0.15) is 15.9 Å². The number of aryl methyl sites for hydroxylation is 1. The molecule has 0 radical (unpaired) electrons. The lowest BCUT2D eigenvalue weighted by molar-refractivity contribution is 0.102. The van der Waals surface area contributed by atoms with E-state index in [1.807, 2.05) is 54.8 Å². The molecule has 0 saturated heterocycles. The molecule has 6 nitrogen and oxygen atoms in total. The molecular formula is C22H18N4O2S2. The minimum atomic E-state index is -1.42. The highest BCUT2D eigenvalue weighted by molar-refractivity contribution is 7.92. The van der Waals surface area contributed by atoms with Crippen LogP contribution in [-0.4, -0.2) is 20.4 Å². The first-order valence-electron chi connectivity index (χ1n) is 9.12. The summed E-state index contributed by atoms with van der Waals surface area (Å²) in [5.74, 6) is -0.277. The molecule has 0 saturated carbocycles. The average molecular weight is 435 g/mol. The monoisotopic (exact) mass is 434 g/mol. The molecule has 0 bridgehead atoms. The number of rotatable bonds is 6. The van der Waals surface area contributed by atoms with E-state index in [0.29, 0.717) is 21.3 Å². The predicted octanol–water partition coefficient (Wildman–Crippen LogP) is 4.90. The molecule has 1 unspecified atom stereocenters. The van der Waals surface area contributed by atoms with Crippen LogP contribution < -0.4 is 10.0 Å². The Hall–Kier alpha value is -3.20. The molecule has 30 heavy (non-hydrogen) atoms. The molecule has 150 valence electrons. The van der Waals surface area contributed by atoms with Crippen LogP contribution in [0.5, 0.6) is 0 Å². The second-order valence-corrected chi connectivity index (χ2v) is 8.54. The first-order chi connectivity index (χ1) is 14.6. The normalized spacial score (nSPS) is 11.7. The fourth-order valence-corrected chi connectivity index (χ4v) is 4.28. The lowest BCUT2D eigenvalue weighted by Crippen LogP contribution is -2.14. The largest absolute Gasteiger partial charge is 0.588 e. The highest BCUT2D eigenvalue weighted by Crippen LogP contribution is 2.24. The van der Waals surface area contributed by atoms with Gasteiger partial charge in [-0.25, -0.2) is 9.71 Å². The van der Waals surface area contributed by atoms with Gasteiger partial charge in [0.2, 0.25) is 0 Å². The van der Waals surface area contributed by atoms with Gasteiger partial charge < -0.3 is 4.55 Å². The summed E-state index contributed by atoms with van der Waals surface area (Å²) in [6.07, 6.45) is 1.70. The van der Waals surface area contributed by atoms with Gasteiger partial charge >= 0.3 is 0 Å². The highest BCUT2D eigenvalue weighted by atomic mass is 32.2. The molecule has 4 rings (SSSR count). The maximum Gasteiger partial charge on any atom is 0.257 e. The van der Waals surface area contributed by atoms with Crippen LogP contribution in [0.15, 0.2) is 83.2 Å². The quantitative estimate of drug-likeness (QED) is 0.421. The molecule has 2 heterocycles. The molecule has 2 aromatic heterocycles. The zero-order valence-electron chi connectivity index (χ0n) is 16.0. The van der Waals surface area contributed by atoms with Crippen molar-refractivity contribution >= 4 is 39.4 Å². The molecule has 0 aliphatic heterocycles. The SMILES string of the molecule is Cc1cccc(N[S+]([O-])c2ccc(C(=O)Nc3nc(-c4ccccn4)cs3)cc2)c1. The van der Waals surface area contributed by atoms with Crippen LogP contribution in [0.4, 0.5) is 10.8 Å². The summed E-state index contributed by atoms with van der Waals surface area (Å²) in [6, 6.07) is 19.9. The molecule has 8 heteroatoms. The molecule has 1 atom stereocenters. The summed E-state index contributed by atoms with van der Waals surface area (Å²) in [7, 11) is 0. The van der Waals surface area contributed by atoms with Crippen LogP contribution in [-0.2, 0) is 11.4 Å². The van der Waals surface area contributed by atoms with Gasteiger partial charge in [0, 0.05) is 17.1 Å². The van der Waals surface area contributed by atoms with Gasteiger partial charge in [-0.15, -0.1) is 11.3 Å². The van der Waals surface area contributed by atoms with Gasteiger partial charge in [-0.3, -0.25) is 15.1 Å². The van der Waals surface area contributed by atoms with Crippen molar-refractivity contribution in [2.24, 2.45) is 0 Å². The zero-order valence-corrected chi connectivity index (χ0v) is 17.7. The number of aromatic nitrogens is 2. The third-order valence-electron chi connectivity index (χ3n) is 4.21. The number of anilines is 2. The summed E-state index contributed by atoms with van der Waals surface area (Å²) in [6.45, 7) is 1.98. The van der Waals surface area contributed by atoms with Crippen LogP contribution in [0.2, 0.25) is 0 Å². The Bertz CT molecular complexity index is 1150. The summed E-state index contributed by atoms with van der Waals surface area (Å²) in [5, 5.41) is 5.14. The smallest absolute Gasteiger partial charge is 0.257 e. The Morgan fingerprint density at radius 2 is 1.87 bits per heavy atom. The number of hydrogen-bond acceptors (Lipinski definition) is 6. The second kappa shape index (κ2) is 9.08. The van der Waals surface area contributed by atoms with Crippen LogP contribution >= 0.6 is 11.3 Å². The number of nitrogens with one attached hydrogen (secondary N) is 2. The molecule has 2 N–H and O–H groups in total. The van der Waals surface area contributed by atoms with Crippen LogP contribution in [0.25, 0.3) is 11.4 Å². The van der Waals surface area contributed by atoms with E-state index in [4.69, 9.17) is 0 Å². The van der Waals surface area contributed by atoms with Gasteiger partial charge in [-0.2, -0.15) is 0 Å². The Morgan fingerprint density at radius 1 is 1.03 bits per heavy atom. The summed E-state index contributed by atoms with van der Waals surface area (Å²) >= 11 is -0.0828. The van der Waals surface area contributed by atoms with Crippen molar-refractivity contribution in [3.8, 4) is 11.4 Å². The van der Waals surface area contributed by atoms with E-state index in [1.54, 1.807) is 30.5 Å². The number of amides is 1. The van der Waals surface area contributed by atoms with E-state index in [9.17, 15) is 9.35 Å². The van der Waals surface area contributed by atoms with E-state index in [-0.39, 0.29) is 5.91 Å². The molecule has 0 aliphatic carbocycles. The minimum absolute atomic E-state index is 0.277. The van der Waals surface area contributed by atoms with Crippen molar-refractivity contribution in [2.45, 2.75) is 11.8 Å². The van der Waals surface area contributed by atoms with Gasteiger partial charge in [-0.1, -0.05) is 18.2 Å². The lowest BCUT2D eigenvalue weighted by atomic mass is 10.2. The van der Waals surface area contributed by atoms with Gasteiger partial charge in [0.25, 0.3) is 5.91 Å². The van der Waals surface area contributed by atoms with Crippen molar-refractivity contribution in [2.75, 3.05) is 10.0 Å². The molecule has 1 amide bonds. The predicted molar refractivity (Wildman–Crippen MR) is 121 cm³/mol. The number of thiazole rings is 1. The van der Waals surface area contributed by atoms with E-state index in [2.05, 4.69) is 20.0 Å². The Kier molecular flexibility index (Phi) is 6.08. The maximum atomic E-state index is 12.5. The van der Waals surface area contributed by atoms with Crippen molar-refractivity contribution in [3.63, 3.8) is 0 Å². The van der Waals surface area contributed by atoms with Crippen LogP contribution in [0.3, 0.4) is 0 Å². The van der Waals surface area contributed by atoms with Gasteiger partial charge in [0.15, 0.2) is 10.0 Å². The number of carbonyl (C=O) groups is 1. The minimum Gasteiger partial charge on any atom is -0.588 e. The Balaban J connectivity index is 1.40. The zero-order chi connectivity index (χ0) is 20.9. The fraction of sp³-hybridized carbons (Fsp3) is 0.0455.